The molecule has 1 atom stereocenters. The minimum absolute atomic E-state index is 0.0101. The van der Waals surface area contributed by atoms with Gasteiger partial charge in [0.05, 0.1) is 29.7 Å². The second-order valence-corrected chi connectivity index (χ2v) is 9.86. The molecule has 2 N–H and O–H groups in total. The third-order valence-corrected chi connectivity index (χ3v) is 7.09. The number of anilines is 1. The Bertz CT molecular complexity index is 1170. The van der Waals surface area contributed by atoms with Gasteiger partial charge in [-0.25, -0.2) is 8.42 Å². The number of nitrogens with one attached hydrogen (secondary N) is 2. The molecule has 2 aromatic rings. The van der Waals surface area contributed by atoms with Crippen LogP contribution in [0.1, 0.15) is 29.8 Å². The number of ether oxygens (including phenoxy) is 1. The lowest BCUT2D eigenvalue weighted by atomic mass is 10.0. The van der Waals surface area contributed by atoms with Crippen LogP contribution in [0.4, 0.5) is 5.69 Å². The summed E-state index contributed by atoms with van der Waals surface area (Å²) in [6.07, 6.45) is 0. The van der Waals surface area contributed by atoms with Gasteiger partial charge in [0, 0.05) is 24.3 Å². The second kappa shape index (κ2) is 10.6. The van der Waals surface area contributed by atoms with E-state index in [1.807, 2.05) is 6.07 Å². The molecule has 3 rings (SSSR count). The smallest absolute Gasteiger partial charge is 0.251 e. The van der Waals surface area contributed by atoms with Crippen molar-refractivity contribution in [3.05, 3.63) is 59.7 Å². The summed E-state index contributed by atoms with van der Waals surface area (Å²) in [7, 11) is -3.76. The minimum atomic E-state index is -3.76. The predicted molar refractivity (Wildman–Crippen MR) is 122 cm³/mol. The molecule has 0 spiro atoms. The van der Waals surface area contributed by atoms with E-state index in [9.17, 15) is 18.0 Å². The molecule has 9 nitrogen and oxygen atoms in total. The normalized spacial score (nSPS) is 15.5. The topological polar surface area (TPSA) is 129 Å². The first kappa shape index (κ1) is 24.4. The van der Waals surface area contributed by atoms with Crippen molar-refractivity contribution in [3.8, 4) is 6.07 Å². The molecule has 2 aromatic carbocycles. The van der Waals surface area contributed by atoms with Gasteiger partial charge >= 0.3 is 0 Å². The quantitative estimate of drug-likeness (QED) is 0.637. The van der Waals surface area contributed by atoms with Crippen LogP contribution in [0.25, 0.3) is 0 Å². The van der Waals surface area contributed by atoms with Gasteiger partial charge in [-0.1, -0.05) is 26.0 Å². The summed E-state index contributed by atoms with van der Waals surface area (Å²) >= 11 is 0. The largest absolute Gasteiger partial charge is 0.379 e. The van der Waals surface area contributed by atoms with Crippen molar-refractivity contribution in [2.24, 2.45) is 5.92 Å². The number of hydrogen-bond donors (Lipinski definition) is 2. The number of hydrogen-bond acceptors (Lipinski definition) is 6. The van der Waals surface area contributed by atoms with E-state index in [1.54, 1.807) is 32.0 Å². The highest BCUT2D eigenvalue weighted by Crippen LogP contribution is 2.19. The second-order valence-electron chi connectivity index (χ2n) is 7.92. The molecule has 0 bridgehead atoms. The monoisotopic (exact) mass is 470 g/mol. The fraction of sp³-hybridized carbons (Fsp3) is 0.348. The highest BCUT2D eigenvalue weighted by Gasteiger charge is 2.28. The van der Waals surface area contributed by atoms with Gasteiger partial charge in [-0.3, -0.25) is 9.59 Å². The molecular weight excluding hydrogens is 444 g/mol. The number of nitriles is 1. The summed E-state index contributed by atoms with van der Waals surface area (Å²) in [5.74, 6) is -1.24. The molecule has 1 unspecified atom stereocenters. The Morgan fingerprint density at radius 1 is 1.09 bits per heavy atom. The number of carbonyl (C=O) groups excluding carboxylic acids is 2. The first-order chi connectivity index (χ1) is 15.7. The fourth-order valence-corrected chi connectivity index (χ4v) is 4.83. The molecule has 10 heteroatoms. The molecule has 1 fully saturated rings. The van der Waals surface area contributed by atoms with Crippen LogP contribution in [0.2, 0.25) is 0 Å². The van der Waals surface area contributed by atoms with Crippen molar-refractivity contribution in [2.45, 2.75) is 24.8 Å². The van der Waals surface area contributed by atoms with E-state index in [-0.39, 0.29) is 29.5 Å². The molecule has 0 radical (unpaired) electrons. The highest BCUT2D eigenvalue weighted by molar-refractivity contribution is 7.89. The van der Waals surface area contributed by atoms with Gasteiger partial charge in [0.15, 0.2) is 0 Å². The summed E-state index contributed by atoms with van der Waals surface area (Å²) in [6.45, 7) is 4.72. The van der Waals surface area contributed by atoms with E-state index in [0.29, 0.717) is 24.5 Å². The summed E-state index contributed by atoms with van der Waals surface area (Å²) in [4.78, 5) is 25.7. The Labute approximate surface area is 193 Å². The Kier molecular flexibility index (Phi) is 7.81. The minimum Gasteiger partial charge on any atom is -0.379 e. The molecular formula is C23H26N4O5S. The van der Waals surface area contributed by atoms with Crippen molar-refractivity contribution in [1.82, 2.24) is 9.62 Å². The number of benzene rings is 2. The number of carbonyl (C=O) groups is 2. The number of rotatable bonds is 7. The summed E-state index contributed by atoms with van der Waals surface area (Å²) in [5, 5.41) is 14.4. The number of nitrogens with zero attached hydrogens (tertiary/aromatic N) is 2. The summed E-state index contributed by atoms with van der Waals surface area (Å²) in [6, 6.07) is 13.3. The van der Waals surface area contributed by atoms with Gasteiger partial charge in [0.25, 0.3) is 5.91 Å². The fourth-order valence-electron chi connectivity index (χ4n) is 3.38. The number of morpholine rings is 1. The lowest BCUT2D eigenvalue weighted by Crippen LogP contribution is -2.47. The summed E-state index contributed by atoms with van der Waals surface area (Å²) < 4.78 is 32.4. The van der Waals surface area contributed by atoms with Crippen LogP contribution in [-0.2, 0) is 19.6 Å². The molecule has 1 aliphatic rings. The lowest BCUT2D eigenvalue weighted by Gasteiger charge is -2.26. The zero-order chi connectivity index (χ0) is 24.0. The first-order valence-electron chi connectivity index (χ1n) is 10.5. The Morgan fingerprint density at radius 3 is 2.45 bits per heavy atom. The lowest BCUT2D eigenvalue weighted by molar-refractivity contribution is -0.118. The SMILES string of the molecule is CC(C)C(NC(=O)c1cccc(S(=O)(=O)N2CCOCC2)c1)C(=O)Nc1cccc(C#N)c1. The zero-order valence-corrected chi connectivity index (χ0v) is 19.3. The van der Waals surface area contributed by atoms with E-state index >= 15 is 0 Å². The van der Waals surface area contributed by atoms with Gasteiger partial charge in [-0.2, -0.15) is 9.57 Å². The van der Waals surface area contributed by atoms with Gasteiger partial charge in [0.2, 0.25) is 15.9 Å². The van der Waals surface area contributed by atoms with Gasteiger partial charge in [-0.05, 0) is 42.3 Å². The van der Waals surface area contributed by atoms with Crippen LogP contribution in [0.3, 0.4) is 0 Å². The molecule has 33 heavy (non-hydrogen) atoms. The molecule has 1 heterocycles. The van der Waals surface area contributed by atoms with Crippen molar-refractivity contribution in [3.63, 3.8) is 0 Å². The maximum absolute atomic E-state index is 12.9. The molecule has 174 valence electrons. The average molecular weight is 471 g/mol. The third-order valence-electron chi connectivity index (χ3n) is 5.20. The maximum Gasteiger partial charge on any atom is 0.251 e. The Hall–Kier alpha value is -3.26. The molecule has 0 aliphatic carbocycles. The van der Waals surface area contributed by atoms with Gasteiger partial charge in [0.1, 0.15) is 6.04 Å². The number of sulfonamides is 1. The first-order valence-corrected chi connectivity index (χ1v) is 12.0. The van der Waals surface area contributed by atoms with Crippen molar-refractivity contribution >= 4 is 27.5 Å². The van der Waals surface area contributed by atoms with Crippen LogP contribution >= 0.6 is 0 Å². The van der Waals surface area contributed by atoms with E-state index in [1.165, 1.54) is 34.6 Å². The Balaban J connectivity index is 1.76. The summed E-state index contributed by atoms with van der Waals surface area (Å²) in [5.41, 5.74) is 0.975. The molecule has 1 aliphatic heterocycles. The van der Waals surface area contributed by atoms with Crippen molar-refractivity contribution in [1.29, 1.82) is 5.26 Å². The molecule has 0 saturated carbocycles. The standard InChI is InChI=1S/C23H26N4O5S/c1-16(2)21(23(29)25-19-7-3-5-17(13-19)15-24)26-22(28)18-6-4-8-20(14-18)33(30,31)27-9-11-32-12-10-27/h3-8,13-14,16,21H,9-12H2,1-2H3,(H,25,29)(H,26,28). The van der Waals surface area contributed by atoms with Crippen molar-refractivity contribution < 1.29 is 22.7 Å². The van der Waals surface area contributed by atoms with E-state index in [0.717, 1.165) is 0 Å². The van der Waals surface area contributed by atoms with Crippen LogP contribution in [0.5, 0.6) is 0 Å². The zero-order valence-electron chi connectivity index (χ0n) is 18.4. The number of amides is 2. The van der Waals surface area contributed by atoms with Crippen LogP contribution < -0.4 is 10.6 Å². The van der Waals surface area contributed by atoms with Gasteiger partial charge < -0.3 is 15.4 Å². The average Bonchev–Trinajstić information content (AvgIpc) is 2.82. The molecule has 2 amide bonds. The Morgan fingerprint density at radius 2 is 1.79 bits per heavy atom. The highest BCUT2D eigenvalue weighted by atomic mass is 32.2. The maximum atomic E-state index is 12.9. The van der Waals surface area contributed by atoms with Crippen LogP contribution in [-0.4, -0.2) is 56.9 Å². The van der Waals surface area contributed by atoms with Gasteiger partial charge in [-0.15, -0.1) is 0 Å². The van der Waals surface area contributed by atoms with Crippen LogP contribution in [0.15, 0.2) is 53.4 Å². The predicted octanol–water partition coefficient (Wildman–Crippen LogP) is 1.97. The van der Waals surface area contributed by atoms with Crippen LogP contribution in [0, 0.1) is 17.2 Å². The molecule has 1 saturated heterocycles. The third kappa shape index (κ3) is 5.96. The van der Waals surface area contributed by atoms with Crippen molar-refractivity contribution in [2.75, 3.05) is 31.6 Å². The van der Waals surface area contributed by atoms with E-state index < -0.39 is 27.9 Å². The van der Waals surface area contributed by atoms with E-state index in [2.05, 4.69) is 10.6 Å². The van der Waals surface area contributed by atoms with E-state index in [4.69, 9.17) is 10.00 Å². The molecule has 0 aromatic heterocycles.